The van der Waals surface area contributed by atoms with E-state index in [0.29, 0.717) is 6.54 Å². The van der Waals surface area contributed by atoms with Gasteiger partial charge in [-0.25, -0.2) is 13.4 Å². The predicted octanol–water partition coefficient (Wildman–Crippen LogP) is 1.38. The molecular weight excluding hydrogens is 327 g/mol. The van der Waals surface area contributed by atoms with Gasteiger partial charge >= 0.3 is 0 Å². The van der Waals surface area contributed by atoms with Gasteiger partial charge in [0.1, 0.15) is 15.9 Å². The van der Waals surface area contributed by atoms with E-state index >= 15 is 0 Å². The zero-order chi connectivity index (χ0) is 14.9. The summed E-state index contributed by atoms with van der Waals surface area (Å²) < 4.78 is 28.0. The smallest absolute Gasteiger partial charge is 0.268 e. The van der Waals surface area contributed by atoms with Crippen molar-refractivity contribution in [1.29, 1.82) is 0 Å². The normalized spacial score (nSPS) is 11.6. The summed E-state index contributed by atoms with van der Waals surface area (Å²) in [4.78, 5) is 7.18. The molecule has 0 atom stereocenters. The summed E-state index contributed by atoms with van der Waals surface area (Å²) in [5.74, 6) is -0.163. The average molecular weight is 337 g/mol. The number of nitrogens with two attached hydrogens (primary N) is 1. The molecule has 2 rings (SSSR count). The highest BCUT2D eigenvalue weighted by Crippen LogP contribution is 2.21. The van der Waals surface area contributed by atoms with Gasteiger partial charge in [-0.3, -0.25) is 9.40 Å². The maximum absolute atomic E-state index is 12.2. The maximum Gasteiger partial charge on any atom is 0.268 e. The Morgan fingerprint density at radius 1 is 1.40 bits per heavy atom. The van der Waals surface area contributed by atoms with E-state index in [0.717, 1.165) is 0 Å². The number of hydrogen-bond donors (Lipinski definition) is 2. The average Bonchev–Trinajstić information content (AvgIpc) is 2.69. The number of halogens is 2. The van der Waals surface area contributed by atoms with E-state index in [1.807, 2.05) is 0 Å². The standard InChI is InChI=1S/C9H10Cl2N6O2S/c1-2-17-4-5(8(12)15-17)20(18,19)16-7-3-6(10)13-9(11)14-7/h3-4H,2H2,1H3,(H2,12,15)(H,13,14,16). The number of sulfonamides is 1. The molecule has 0 radical (unpaired) electrons. The van der Waals surface area contributed by atoms with E-state index in [1.165, 1.54) is 16.9 Å². The summed E-state index contributed by atoms with van der Waals surface area (Å²) in [5, 5.41) is 3.70. The van der Waals surface area contributed by atoms with Gasteiger partial charge in [-0.2, -0.15) is 10.1 Å². The van der Waals surface area contributed by atoms with Crippen molar-refractivity contribution in [2.45, 2.75) is 18.4 Å². The zero-order valence-corrected chi connectivity index (χ0v) is 12.5. The van der Waals surface area contributed by atoms with E-state index < -0.39 is 10.0 Å². The van der Waals surface area contributed by atoms with Gasteiger partial charge < -0.3 is 5.73 Å². The van der Waals surface area contributed by atoms with Crippen LogP contribution in [0.3, 0.4) is 0 Å². The van der Waals surface area contributed by atoms with Crippen molar-refractivity contribution in [3.8, 4) is 0 Å². The Bertz CT molecular complexity index is 725. The van der Waals surface area contributed by atoms with Gasteiger partial charge in [-0.15, -0.1) is 0 Å². The van der Waals surface area contributed by atoms with Crippen LogP contribution in [0.15, 0.2) is 17.2 Å². The molecule has 3 N–H and O–H groups in total. The first-order valence-corrected chi connectivity index (χ1v) is 7.61. The Morgan fingerprint density at radius 2 is 2.10 bits per heavy atom. The minimum atomic E-state index is -3.93. The number of nitrogen functional groups attached to an aromatic ring is 1. The molecule has 0 saturated heterocycles. The first kappa shape index (κ1) is 14.8. The summed E-state index contributed by atoms with van der Waals surface area (Å²) in [5.41, 5.74) is 5.58. The van der Waals surface area contributed by atoms with Crippen LogP contribution in [-0.4, -0.2) is 28.2 Å². The quantitative estimate of drug-likeness (QED) is 0.643. The Balaban J connectivity index is 2.37. The predicted molar refractivity (Wildman–Crippen MR) is 75.2 cm³/mol. The molecule has 0 bridgehead atoms. The van der Waals surface area contributed by atoms with E-state index in [4.69, 9.17) is 28.9 Å². The number of anilines is 2. The second-order valence-corrected chi connectivity index (χ2v) is 6.06. The van der Waals surface area contributed by atoms with Gasteiger partial charge in [-0.05, 0) is 18.5 Å². The van der Waals surface area contributed by atoms with Gasteiger partial charge in [-0.1, -0.05) is 11.6 Å². The lowest BCUT2D eigenvalue weighted by Gasteiger charge is -2.06. The topological polar surface area (TPSA) is 116 Å². The lowest BCUT2D eigenvalue weighted by molar-refractivity contribution is 0.600. The molecule has 8 nitrogen and oxygen atoms in total. The molecule has 0 fully saturated rings. The van der Waals surface area contributed by atoms with Crippen molar-refractivity contribution in [3.63, 3.8) is 0 Å². The third kappa shape index (κ3) is 3.11. The van der Waals surface area contributed by atoms with Gasteiger partial charge in [0, 0.05) is 18.8 Å². The molecule has 0 spiro atoms. The van der Waals surface area contributed by atoms with Crippen LogP contribution in [0.5, 0.6) is 0 Å². The molecule has 20 heavy (non-hydrogen) atoms. The largest absolute Gasteiger partial charge is 0.381 e. The van der Waals surface area contributed by atoms with Crippen molar-refractivity contribution in [1.82, 2.24) is 19.7 Å². The van der Waals surface area contributed by atoms with Crippen molar-refractivity contribution in [2.24, 2.45) is 0 Å². The number of nitrogens with zero attached hydrogens (tertiary/aromatic N) is 4. The number of aromatic nitrogens is 4. The van der Waals surface area contributed by atoms with Crippen LogP contribution in [0.2, 0.25) is 10.4 Å². The highest BCUT2D eigenvalue weighted by Gasteiger charge is 2.22. The number of aryl methyl sites for hydroxylation is 1. The van der Waals surface area contributed by atoms with Gasteiger partial charge in [0.2, 0.25) is 5.28 Å². The third-order valence-corrected chi connectivity index (χ3v) is 4.01. The Kier molecular flexibility index (Phi) is 4.02. The van der Waals surface area contributed by atoms with E-state index in [9.17, 15) is 8.42 Å². The summed E-state index contributed by atoms with van der Waals surface area (Å²) in [6.45, 7) is 2.30. The van der Waals surface area contributed by atoms with Crippen molar-refractivity contribution in [2.75, 3.05) is 10.5 Å². The van der Waals surface area contributed by atoms with Gasteiger partial charge in [0.25, 0.3) is 10.0 Å². The molecule has 2 heterocycles. The van der Waals surface area contributed by atoms with Crippen LogP contribution in [0, 0.1) is 0 Å². The third-order valence-electron chi connectivity index (χ3n) is 2.27. The Hall–Kier alpha value is -1.58. The summed E-state index contributed by atoms with van der Waals surface area (Å²) in [7, 11) is -3.93. The fourth-order valence-corrected chi connectivity index (χ4v) is 2.90. The van der Waals surface area contributed by atoms with Gasteiger partial charge in [0.15, 0.2) is 5.82 Å². The monoisotopic (exact) mass is 336 g/mol. The summed E-state index contributed by atoms with van der Waals surface area (Å²) >= 11 is 11.3. The second-order valence-electron chi connectivity index (χ2n) is 3.68. The van der Waals surface area contributed by atoms with Crippen LogP contribution in [0.1, 0.15) is 6.92 Å². The molecule has 0 aromatic carbocycles. The lowest BCUT2D eigenvalue weighted by atomic mass is 10.6. The van der Waals surface area contributed by atoms with Gasteiger partial charge in [0.05, 0.1) is 0 Å². The zero-order valence-electron chi connectivity index (χ0n) is 10.2. The van der Waals surface area contributed by atoms with Crippen LogP contribution in [-0.2, 0) is 16.6 Å². The molecule has 0 saturated carbocycles. The molecule has 0 amide bonds. The van der Waals surface area contributed by atoms with E-state index in [-0.39, 0.29) is 27.0 Å². The summed E-state index contributed by atoms with van der Waals surface area (Å²) in [6, 6.07) is 1.23. The first-order valence-electron chi connectivity index (χ1n) is 5.37. The molecule has 108 valence electrons. The van der Waals surface area contributed by atoms with E-state index in [1.54, 1.807) is 6.92 Å². The maximum atomic E-state index is 12.2. The number of hydrogen-bond acceptors (Lipinski definition) is 6. The number of rotatable bonds is 4. The Labute approximate surface area is 125 Å². The minimum absolute atomic E-state index is 0.0138. The Morgan fingerprint density at radius 3 is 2.65 bits per heavy atom. The van der Waals surface area contributed by atoms with Crippen LogP contribution in [0.4, 0.5) is 11.6 Å². The molecular formula is C9H10Cl2N6O2S. The van der Waals surface area contributed by atoms with Crippen molar-refractivity contribution < 1.29 is 8.42 Å². The molecule has 0 aliphatic heterocycles. The molecule has 11 heteroatoms. The second kappa shape index (κ2) is 5.43. The lowest BCUT2D eigenvalue weighted by Crippen LogP contribution is -2.15. The van der Waals surface area contributed by atoms with Crippen LogP contribution >= 0.6 is 23.2 Å². The molecule has 0 unspecified atom stereocenters. The fraction of sp³-hybridized carbons (Fsp3) is 0.222. The van der Waals surface area contributed by atoms with Crippen LogP contribution in [0.25, 0.3) is 0 Å². The molecule has 2 aromatic heterocycles. The minimum Gasteiger partial charge on any atom is -0.381 e. The van der Waals surface area contributed by atoms with Crippen LogP contribution < -0.4 is 10.5 Å². The van der Waals surface area contributed by atoms with Crippen molar-refractivity contribution in [3.05, 3.63) is 22.7 Å². The molecule has 2 aromatic rings. The highest BCUT2D eigenvalue weighted by molar-refractivity contribution is 7.92. The van der Waals surface area contributed by atoms with E-state index in [2.05, 4.69) is 19.8 Å². The highest BCUT2D eigenvalue weighted by atomic mass is 35.5. The fourth-order valence-electron chi connectivity index (χ4n) is 1.42. The molecule has 0 aliphatic carbocycles. The summed E-state index contributed by atoms with van der Waals surface area (Å²) in [6.07, 6.45) is 1.32. The van der Waals surface area contributed by atoms with Crippen molar-refractivity contribution >= 4 is 44.9 Å². The molecule has 0 aliphatic rings. The number of nitrogens with one attached hydrogen (secondary N) is 1. The SMILES string of the molecule is CCn1cc(S(=O)(=O)Nc2cc(Cl)nc(Cl)n2)c(N)n1. The first-order chi connectivity index (χ1) is 9.31.